The number of hydrogen-bond donors (Lipinski definition) is 1. The Morgan fingerprint density at radius 2 is 2.18 bits per heavy atom. The van der Waals surface area contributed by atoms with E-state index in [0.717, 1.165) is 44.6 Å². The minimum Gasteiger partial charge on any atom is -0.356 e. The fourth-order valence-corrected chi connectivity index (χ4v) is 3.22. The van der Waals surface area contributed by atoms with Gasteiger partial charge >= 0.3 is 0 Å². The van der Waals surface area contributed by atoms with Gasteiger partial charge in [0.2, 0.25) is 5.91 Å². The Morgan fingerprint density at radius 1 is 1.41 bits per heavy atom. The van der Waals surface area contributed by atoms with E-state index in [1.807, 2.05) is 12.1 Å². The first-order chi connectivity index (χ1) is 10.5. The summed E-state index contributed by atoms with van der Waals surface area (Å²) in [5, 5.41) is 4.39. The van der Waals surface area contributed by atoms with Gasteiger partial charge in [-0.3, -0.25) is 9.69 Å². The van der Waals surface area contributed by atoms with Crippen LogP contribution >= 0.6 is 23.2 Å². The maximum Gasteiger partial charge on any atom is 0.224 e. The maximum atomic E-state index is 12.2. The maximum absolute atomic E-state index is 12.2. The lowest BCUT2D eigenvalue weighted by atomic mass is 9.96. The van der Waals surface area contributed by atoms with Gasteiger partial charge in [0.15, 0.2) is 0 Å². The quantitative estimate of drug-likeness (QED) is 0.877. The Labute approximate surface area is 143 Å². The molecule has 1 N–H and O–H groups in total. The van der Waals surface area contributed by atoms with Gasteiger partial charge in [-0.2, -0.15) is 0 Å². The molecule has 1 aliphatic rings. The molecule has 5 heteroatoms. The number of amides is 1. The molecule has 1 fully saturated rings. The Balaban J connectivity index is 1.91. The standard InChI is InChI=1S/C17H24Cl2N2O/c1-12(2)9-20-17(22)14-4-3-7-21(11-14)10-13-5-6-15(18)8-16(13)19/h5-6,8,12,14H,3-4,7,9-11H2,1-2H3,(H,20,22)/t14-/m1/s1. The van der Waals surface area contributed by atoms with Crippen molar-refractivity contribution in [3.63, 3.8) is 0 Å². The van der Waals surface area contributed by atoms with Crippen LogP contribution in [0.5, 0.6) is 0 Å². The van der Waals surface area contributed by atoms with Gasteiger partial charge in [-0.05, 0) is 43.0 Å². The molecule has 0 saturated carbocycles. The number of rotatable bonds is 5. The van der Waals surface area contributed by atoms with Crippen LogP contribution in [0.2, 0.25) is 10.0 Å². The van der Waals surface area contributed by atoms with Crippen LogP contribution in [0.3, 0.4) is 0 Å². The molecule has 1 aliphatic heterocycles. The number of piperidine rings is 1. The van der Waals surface area contributed by atoms with Crippen molar-refractivity contribution in [2.75, 3.05) is 19.6 Å². The number of carbonyl (C=O) groups excluding carboxylic acids is 1. The molecule has 0 bridgehead atoms. The van der Waals surface area contributed by atoms with Gasteiger partial charge in [0.1, 0.15) is 0 Å². The zero-order valence-corrected chi connectivity index (χ0v) is 14.8. The Kier molecular flexibility index (Phi) is 6.54. The summed E-state index contributed by atoms with van der Waals surface area (Å²) in [7, 11) is 0. The van der Waals surface area contributed by atoms with Gasteiger partial charge in [-0.1, -0.05) is 43.1 Å². The zero-order valence-electron chi connectivity index (χ0n) is 13.2. The van der Waals surface area contributed by atoms with Crippen molar-refractivity contribution in [3.8, 4) is 0 Å². The monoisotopic (exact) mass is 342 g/mol. The van der Waals surface area contributed by atoms with Crippen molar-refractivity contribution in [2.24, 2.45) is 11.8 Å². The SMILES string of the molecule is CC(C)CNC(=O)[C@@H]1CCCN(Cc2ccc(Cl)cc2Cl)C1. The molecule has 1 saturated heterocycles. The topological polar surface area (TPSA) is 32.3 Å². The minimum atomic E-state index is 0.0820. The van der Waals surface area contributed by atoms with E-state index in [-0.39, 0.29) is 11.8 Å². The van der Waals surface area contributed by atoms with Crippen molar-refractivity contribution in [1.82, 2.24) is 10.2 Å². The molecule has 1 amide bonds. The minimum absolute atomic E-state index is 0.0820. The number of nitrogens with one attached hydrogen (secondary N) is 1. The van der Waals surface area contributed by atoms with E-state index in [1.165, 1.54) is 0 Å². The Morgan fingerprint density at radius 3 is 2.86 bits per heavy atom. The molecule has 0 aliphatic carbocycles. The molecular formula is C17H24Cl2N2O. The van der Waals surface area contributed by atoms with Crippen LogP contribution in [-0.4, -0.2) is 30.4 Å². The van der Waals surface area contributed by atoms with E-state index in [4.69, 9.17) is 23.2 Å². The van der Waals surface area contributed by atoms with E-state index in [2.05, 4.69) is 24.1 Å². The van der Waals surface area contributed by atoms with Crippen LogP contribution in [0.25, 0.3) is 0 Å². The second kappa shape index (κ2) is 8.19. The third-order valence-corrected chi connectivity index (χ3v) is 4.56. The molecule has 1 atom stereocenters. The van der Waals surface area contributed by atoms with Gasteiger partial charge in [0.05, 0.1) is 5.92 Å². The summed E-state index contributed by atoms with van der Waals surface area (Å²) in [6.07, 6.45) is 2.01. The van der Waals surface area contributed by atoms with Crippen molar-refractivity contribution in [3.05, 3.63) is 33.8 Å². The highest BCUT2D eigenvalue weighted by molar-refractivity contribution is 6.35. The lowest BCUT2D eigenvalue weighted by Gasteiger charge is -2.32. The number of likely N-dealkylation sites (tertiary alicyclic amines) is 1. The molecule has 1 heterocycles. The highest BCUT2D eigenvalue weighted by Crippen LogP contribution is 2.25. The molecule has 22 heavy (non-hydrogen) atoms. The third-order valence-electron chi connectivity index (χ3n) is 3.97. The molecule has 122 valence electrons. The average Bonchev–Trinajstić information content (AvgIpc) is 2.48. The first-order valence-corrected chi connectivity index (χ1v) is 8.65. The van der Waals surface area contributed by atoms with Gasteiger partial charge in [0, 0.05) is 29.7 Å². The van der Waals surface area contributed by atoms with Crippen molar-refractivity contribution < 1.29 is 4.79 Å². The highest BCUT2D eigenvalue weighted by Gasteiger charge is 2.26. The fraction of sp³-hybridized carbons (Fsp3) is 0.588. The molecule has 1 aromatic carbocycles. The van der Waals surface area contributed by atoms with Crippen molar-refractivity contribution in [2.45, 2.75) is 33.2 Å². The lowest BCUT2D eigenvalue weighted by molar-refractivity contribution is -0.126. The number of carbonyl (C=O) groups is 1. The van der Waals surface area contributed by atoms with Gasteiger partial charge in [0.25, 0.3) is 0 Å². The lowest BCUT2D eigenvalue weighted by Crippen LogP contribution is -2.43. The first kappa shape index (κ1) is 17.6. The number of benzene rings is 1. The Bertz CT molecular complexity index is 519. The van der Waals surface area contributed by atoms with E-state index in [1.54, 1.807) is 6.07 Å². The van der Waals surface area contributed by atoms with E-state index in [9.17, 15) is 4.79 Å². The predicted octanol–water partition coefficient (Wildman–Crippen LogP) is 3.98. The average molecular weight is 343 g/mol. The second-order valence-electron chi connectivity index (χ2n) is 6.45. The fourth-order valence-electron chi connectivity index (χ4n) is 2.75. The first-order valence-electron chi connectivity index (χ1n) is 7.89. The molecular weight excluding hydrogens is 319 g/mol. The smallest absolute Gasteiger partial charge is 0.224 e. The molecule has 1 aromatic rings. The van der Waals surface area contributed by atoms with E-state index in [0.29, 0.717) is 16.0 Å². The van der Waals surface area contributed by atoms with Gasteiger partial charge in [-0.15, -0.1) is 0 Å². The summed E-state index contributed by atoms with van der Waals surface area (Å²) < 4.78 is 0. The Hall–Kier alpha value is -0.770. The van der Waals surface area contributed by atoms with Crippen molar-refractivity contribution >= 4 is 29.1 Å². The van der Waals surface area contributed by atoms with E-state index < -0.39 is 0 Å². The molecule has 0 spiro atoms. The molecule has 0 radical (unpaired) electrons. The molecule has 0 aromatic heterocycles. The summed E-state index contributed by atoms with van der Waals surface area (Å²) in [5.41, 5.74) is 1.06. The number of halogens is 2. The zero-order chi connectivity index (χ0) is 16.1. The second-order valence-corrected chi connectivity index (χ2v) is 7.29. The molecule has 2 rings (SSSR count). The predicted molar refractivity (Wildman–Crippen MR) is 92.3 cm³/mol. The van der Waals surface area contributed by atoms with E-state index >= 15 is 0 Å². The summed E-state index contributed by atoms with van der Waals surface area (Å²) >= 11 is 12.2. The van der Waals surface area contributed by atoms with Crippen LogP contribution in [0.1, 0.15) is 32.3 Å². The molecule has 0 unspecified atom stereocenters. The van der Waals surface area contributed by atoms with Crippen LogP contribution in [-0.2, 0) is 11.3 Å². The largest absolute Gasteiger partial charge is 0.356 e. The molecule has 3 nitrogen and oxygen atoms in total. The highest BCUT2D eigenvalue weighted by atomic mass is 35.5. The van der Waals surface area contributed by atoms with Gasteiger partial charge < -0.3 is 5.32 Å². The van der Waals surface area contributed by atoms with Crippen LogP contribution in [0.15, 0.2) is 18.2 Å². The number of nitrogens with zero attached hydrogens (tertiary/aromatic N) is 1. The van der Waals surface area contributed by atoms with Crippen molar-refractivity contribution in [1.29, 1.82) is 0 Å². The summed E-state index contributed by atoms with van der Waals surface area (Å²) in [5.74, 6) is 0.746. The summed E-state index contributed by atoms with van der Waals surface area (Å²) in [4.78, 5) is 14.5. The summed E-state index contributed by atoms with van der Waals surface area (Å²) in [6, 6.07) is 5.60. The number of hydrogen-bond acceptors (Lipinski definition) is 2. The normalized spacial score (nSPS) is 19.4. The van der Waals surface area contributed by atoms with Gasteiger partial charge in [-0.25, -0.2) is 0 Å². The van der Waals surface area contributed by atoms with Crippen LogP contribution in [0.4, 0.5) is 0 Å². The van der Waals surface area contributed by atoms with Crippen LogP contribution < -0.4 is 5.32 Å². The van der Waals surface area contributed by atoms with Crippen LogP contribution in [0, 0.1) is 11.8 Å². The third kappa shape index (κ3) is 5.15. The summed E-state index contributed by atoms with van der Waals surface area (Å²) in [6.45, 7) is 7.53.